The molecule has 5 atom stereocenters. The molecule has 1 aromatic rings. The summed E-state index contributed by atoms with van der Waals surface area (Å²) in [5.41, 5.74) is 1.39. The molecule has 0 heterocycles. The summed E-state index contributed by atoms with van der Waals surface area (Å²) in [5, 5.41) is 11.1. The van der Waals surface area contributed by atoms with Gasteiger partial charge in [0.15, 0.2) is 16.6 Å². The molecule has 2 N–H and O–H groups in total. The normalized spacial score (nSPS) is 24.6. The molecule has 0 unspecified atom stereocenters. The monoisotopic (exact) mass is 532 g/mol. The zero-order chi connectivity index (χ0) is 27.4. The Hall–Kier alpha value is -0.726. The van der Waals surface area contributed by atoms with Crippen molar-refractivity contribution in [1.82, 2.24) is 0 Å². The molecule has 1 aliphatic carbocycles. The zero-order valence-corrected chi connectivity index (χ0v) is 26.8. The Morgan fingerprint density at radius 3 is 2.17 bits per heavy atom. The molecule has 0 amide bonds. The van der Waals surface area contributed by atoms with Crippen LogP contribution in [0.4, 0.5) is 0 Å². The smallest absolute Gasteiger partial charge is 0.192 e. The van der Waals surface area contributed by atoms with Crippen molar-refractivity contribution < 1.29 is 14.3 Å². The van der Waals surface area contributed by atoms with Crippen LogP contribution in [0.1, 0.15) is 78.7 Å². The van der Waals surface area contributed by atoms with E-state index in [0.717, 1.165) is 44.9 Å². The van der Waals surface area contributed by atoms with Gasteiger partial charge in [-0.25, -0.2) is 0 Å². The van der Waals surface area contributed by atoms with Gasteiger partial charge in [0.2, 0.25) is 0 Å². The standard InChI is InChI=1S/C31H56O3Si2/c1-11-15-26-27(29(22-28(26)32)34-36(9,10)30(2,3)4)21-20-25(23-31(5,6)35(7,8)33)19-18-24-16-13-12-14-17-24/h11-14,16-17,25-29,32-33H,1,15,18-23H2,2-10H3/t25-,26+,27+,28+,29+/m0/s1. The summed E-state index contributed by atoms with van der Waals surface area (Å²) in [4.78, 5) is 11.0. The van der Waals surface area contributed by atoms with Gasteiger partial charge in [-0.2, -0.15) is 0 Å². The van der Waals surface area contributed by atoms with Crippen LogP contribution in [-0.2, 0) is 10.8 Å². The van der Waals surface area contributed by atoms with Crippen molar-refractivity contribution in [1.29, 1.82) is 0 Å². The predicted molar refractivity (Wildman–Crippen MR) is 160 cm³/mol. The molecule has 0 spiro atoms. The van der Waals surface area contributed by atoms with E-state index in [1.165, 1.54) is 5.56 Å². The Morgan fingerprint density at radius 1 is 1.03 bits per heavy atom. The second-order valence-corrected chi connectivity index (χ2v) is 23.4. The maximum absolute atomic E-state index is 11.0. The second kappa shape index (κ2) is 12.4. The summed E-state index contributed by atoms with van der Waals surface area (Å²) in [5.74, 6) is 1.12. The molecule has 0 aliphatic heterocycles. The number of hydrogen-bond acceptors (Lipinski definition) is 3. The fraction of sp³-hybridized carbons (Fsp3) is 0.742. The fourth-order valence-electron chi connectivity index (χ4n) is 5.53. The van der Waals surface area contributed by atoms with E-state index in [1.807, 2.05) is 6.08 Å². The zero-order valence-electron chi connectivity index (χ0n) is 24.8. The van der Waals surface area contributed by atoms with Crippen molar-refractivity contribution in [3.63, 3.8) is 0 Å². The highest BCUT2D eigenvalue weighted by atomic mass is 28.4. The van der Waals surface area contributed by atoms with Crippen molar-refractivity contribution >= 4 is 16.6 Å². The number of hydrogen-bond donors (Lipinski definition) is 2. The van der Waals surface area contributed by atoms with E-state index < -0.39 is 16.6 Å². The van der Waals surface area contributed by atoms with E-state index in [-0.39, 0.29) is 28.2 Å². The Bertz CT molecular complexity index is 807. The van der Waals surface area contributed by atoms with Crippen LogP contribution in [0, 0.1) is 17.8 Å². The van der Waals surface area contributed by atoms with Gasteiger partial charge >= 0.3 is 0 Å². The average Bonchev–Trinajstić information content (AvgIpc) is 3.02. The van der Waals surface area contributed by atoms with Gasteiger partial charge in [-0.15, -0.1) is 6.58 Å². The Morgan fingerprint density at radius 2 is 1.64 bits per heavy atom. The largest absolute Gasteiger partial charge is 0.432 e. The number of benzene rings is 1. The van der Waals surface area contributed by atoms with Crippen molar-refractivity contribution in [2.45, 2.75) is 128 Å². The third-order valence-corrected chi connectivity index (χ3v) is 17.8. The SMILES string of the molecule is C=CC[C@@H]1[C@@H](CC[C@H](CCc2ccccc2)CC(C)(C)[Si](C)(C)O)[C@H](O[Si](C)(C)C(C)(C)C)C[C@H]1O. The molecule has 36 heavy (non-hydrogen) atoms. The lowest BCUT2D eigenvalue weighted by molar-refractivity contribution is 0.108. The van der Waals surface area contributed by atoms with E-state index in [1.54, 1.807) is 0 Å². The van der Waals surface area contributed by atoms with Crippen molar-refractivity contribution in [3.8, 4) is 0 Å². The molecule has 2 rings (SSSR count). The summed E-state index contributed by atoms with van der Waals surface area (Å²) < 4.78 is 6.95. The van der Waals surface area contributed by atoms with E-state index >= 15 is 0 Å². The van der Waals surface area contributed by atoms with Crippen LogP contribution >= 0.6 is 0 Å². The maximum Gasteiger partial charge on any atom is 0.192 e. The number of allylic oxidation sites excluding steroid dienone is 1. The maximum atomic E-state index is 11.0. The number of aliphatic hydroxyl groups excluding tert-OH is 1. The minimum Gasteiger partial charge on any atom is -0.432 e. The third-order valence-electron chi connectivity index (χ3n) is 9.73. The van der Waals surface area contributed by atoms with Gasteiger partial charge in [-0.1, -0.05) is 77.4 Å². The topological polar surface area (TPSA) is 49.7 Å². The molecule has 3 nitrogen and oxygen atoms in total. The van der Waals surface area contributed by atoms with Crippen molar-refractivity contribution in [3.05, 3.63) is 48.6 Å². The van der Waals surface area contributed by atoms with Gasteiger partial charge in [0.25, 0.3) is 0 Å². The van der Waals surface area contributed by atoms with Crippen molar-refractivity contribution in [2.24, 2.45) is 17.8 Å². The van der Waals surface area contributed by atoms with Crippen LogP contribution < -0.4 is 0 Å². The van der Waals surface area contributed by atoms with Crippen LogP contribution in [-0.4, -0.2) is 38.7 Å². The molecule has 1 fully saturated rings. The number of aliphatic hydroxyl groups is 1. The highest BCUT2D eigenvalue weighted by Gasteiger charge is 2.47. The summed E-state index contributed by atoms with van der Waals surface area (Å²) in [7, 11) is -4.23. The lowest BCUT2D eigenvalue weighted by Gasteiger charge is -2.41. The first-order valence-electron chi connectivity index (χ1n) is 14.2. The van der Waals surface area contributed by atoms with Gasteiger partial charge in [-0.3, -0.25) is 0 Å². The molecule has 5 heteroatoms. The molecular weight excluding hydrogens is 477 g/mol. The second-order valence-electron chi connectivity index (χ2n) is 14.2. The molecule has 1 aromatic carbocycles. The third kappa shape index (κ3) is 8.39. The molecule has 0 radical (unpaired) electrons. The van der Waals surface area contributed by atoms with E-state index in [4.69, 9.17) is 4.43 Å². The van der Waals surface area contributed by atoms with Crippen molar-refractivity contribution in [2.75, 3.05) is 0 Å². The van der Waals surface area contributed by atoms with Gasteiger partial charge in [0.1, 0.15) is 0 Å². The number of aryl methyl sites for hydroxylation is 1. The van der Waals surface area contributed by atoms with E-state index in [2.05, 4.69) is 97.7 Å². The molecule has 206 valence electrons. The Balaban J connectivity index is 2.22. The van der Waals surface area contributed by atoms with Crippen LogP contribution in [0.25, 0.3) is 0 Å². The minimum atomic E-state index is -2.29. The first-order valence-corrected chi connectivity index (χ1v) is 20.1. The quantitative estimate of drug-likeness (QED) is 0.198. The van der Waals surface area contributed by atoms with Crippen LogP contribution in [0.3, 0.4) is 0 Å². The van der Waals surface area contributed by atoms with E-state index in [0.29, 0.717) is 11.8 Å². The number of rotatable bonds is 13. The molecule has 0 bridgehead atoms. The van der Waals surface area contributed by atoms with Crippen LogP contribution in [0.5, 0.6) is 0 Å². The Kier molecular flexibility index (Phi) is 10.9. The summed E-state index contributed by atoms with van der Waals surface area (Å²) in [6.45, 7) is 24.2. The van der Waals surface area contributed by atoms with Gasteiger partial charge in [0.05, 0.1) is 12.2 Å². The molecule has 0 saturated heterocycles. The molecular formula is C31H56O3Si2. The van der Waals surface area contributed by atoms with Gasteiger partial charge < -0.3 is 14.3 Å². The average molecular weight is 533 g/mol. The minimum absolute atomic E-state index is 0.0406. The van der Waals surface area contributed by atoms with Gasteiger partial charge in [-0.05, 0) is 98.1 Å². The first kappa shape index (κ1) is 31.5. The first-order chi connectivity index (χ1) is 16.5. The highest BCUT2D eigenvalue weighted by molar-refractivity contribution is 6.74. The molecule has 1 saturated carbocycles. The predicted octanol–water partition coefficient (Wildman–Crippen LogP) is 8.35. The Labute approximate surface area is 225 Å². The molecule has 1 aliphatic rings. The molecule has 0 aromatic heterocycles. The van der Waals surface area contributed by atoms with Gasteiger partial charge in [0, 0.05) is 0 Å². The van der Waals surface area contributed by atoms with E-state index in [9.17, 15) is 9.90 Å². The lowest BCUT2D eigenvalue weighted by Crippen LogP contribution is -2.45. The lowest BCUT2D eigenvalue weighted by atomic mass is 9.81. The van der Waals surface area contributed by atoms with Crippen LogP contribution in [0.15, 0.2) is 43.0 Å². The fourth-order valence-corrected chi connectivity index (χ4v) is 7.70. The highest BCUT2D eigenvalue weighted by Crippen LogP contribution is 2.47. The summed E-state index contributed by atoms with van der Waals surface area (Å²) in [6.07, 6.45) is 8.81. The van der Waals surface area contributed by atoms with Crippen LogP contribution in [0.2, 0.25) is 36.3 Å². The summed E-state index contributed by atoms with van der Waals surface area (Å²) in [6, 6.07) is 10.8. The summed E-state index contributed by atoms with van der Waals surface area (Å²) >= 11 is 0.